The van der Waals surface area contributed by atoms with E-state index in [0.29, 0.717) is 11.9 Å². The van der Waals surface area contributed by atoms with E-state index in [4.69, 9.17) is 4.74 Å². The minimum Gasteiger partial charge on any atom is -0.481 e. The zero-order valence-corrected chi connectivity index (χ0v) is 10.9. The molecule has 18 heavy (non-hydrogen) atoms. The van der Waals surface area contributed by atoms with Gasteiger partial charge < -0.3 is 10.1 Å². The van der Waals surface area contributed by atoms with Gasteiger partial charge in [-0.25, -0.2) is 4.98 Å². The standard InChI is InChI=1S/C14H21N3O/c1-18-14-5-2-11(8-16-14)9-17-7-6-15-13(10-17)12-3-4-12/h2,5,8,12-13,15H,3-4,6-7,9-10H2,1H3. The van der Waals surface area contributed by atoms with Gasteiger partial charge in [-0.15, -0.1) is 0 Å². The summed E-state index contributed by atoms with van der Waals surface area (Å²) in [5.41, 5.74) is 1.27. The van der Waals surface area contributed by atoms with E-state index in [-0.39, 0.29) is 0 Å². The maximum Gasteiger partial charge on any atom is 0.212 e. The van der Waals surface area contributed by atoms with Gasteiger partial charge in [0.15, 0.2) is 0 Å². The molecule has 2 fully saturated rings. The average Bonchev–Trinajstić information content (AvgIpc) is 3.24. The van der Waals surface area contributed by atoms with Gasteiger partial charge in [0, 0.05) is 44.5 Å². The number of methoxy groups -OCH3 is 1. The molecule has 1 aliphatic carbocycles. The second-order valence-electron chi connectivity index (χ2n) is 5.34. The first kappa shape index (κ1) is 11.9. The summed E-state index contributed by atoms with van der Waals surface area (Å²) in [4.78, 5) is 6.80. The highest BCUT2D eigenvalue weighted by Gasteiger charge is 2.33. The fourth-order valence-electron chi connectivity index (χ4n) is 2.68. The monoisotopic (exact) mass is 247 g/mol. The SMILES string of the molecule is COc1ccc(CN2CCNC(C3CC3)C2)cn1. The molecule has 0 amide bonds. The van der Waals surface area contributed by atoms with Crippen LogP contribution >= 0.6 is 0 Å². The minimum absolute atomic E-state index is 0.690. The largest absolute Gasteiger partial charge is 0.481 e. The molecule has 1 aromatic rings. The summed E-state index contributed by atoms with van der Waals surface area (Å²) in [5, 5.41) is 3.64. The molecule has 1 saturated heterocycles. The molecule has 4 nitrogen and oxygen atoms in total. The zero-order chi connectivity index (χ0) is 12.4. The van der Waals surface area contributed by atoms with Crippen molar-refractivity contribution in [2.24, 2.45) is 5.92 Å². The number of nitrogens with zero attached hydrogens (tertiary/aromatic N) is 2. The Morgan fingerprint density at radius 1 is 1.44 bits per heavy atom. The number of hydrogen-bond donors (Lipinski definition) is 1. The molecule has 3 rings (SSSR count). The van der Waals surface area contributed by atoms with E-state index in [0.717, 1.165) is 25.6 Å². The Morgan fingerprint density at radius 3 is 3.00 bits per heavy atom. The number of aromatic nitrogens is 1. The summed E-state index contributed by atoms with van der Waals surface area (Å²) in [6.45, 7) is 4.43. The molecule has 1 unspecified atom stereocenters. The van der Waals surface area contributed by atoms with Crippen molar-refractivity contribution in [1.82, 2.24) is 15.2 Å². The fraction of sp³-hybridized carbons (Fsp3) is 0.643. The van der Waals surface area contributed by atoms with Gasteiger partial charge in [0.2, 0.25) is 5.88 Å². The third-order valence-electron chi connectivity index (χ3n) is 3.89. The van der Waals surface area contributed by atoms with Gasteiger partial charge in [-0.05, 0) is 24.3 Å². The average molecular weight is 247 g/mol. The molecular weight excluding hydrogens is 226 g/mol. The summed E-state index contributed by atoms with van der Waals surface area (Å²) < 4.78 is 5.08. The molecule has 1 saturated carbocycles. The molecule has 1 aromatic heterocycles. The molecule has 0 spiro atoms. The van der Waals surface area contributed by atoms with E-state index in [2.05, 4.69) is 21.3 Å². The predicted molar refractivity (Wildman–Crippen MR) is 70.6 cm³/mol. The number of hydrogen-bond acceptors (Lipinski definition) is 4. The van der Waals surface area contributed by atoms with Crippen LogP contribution in [-0.2, 0) is 6.54 Å². The minimum atomic E-state index is 0.690. The van der Waals surface area contributed by atoms with Crippen molar-refractivity contribution in [1.29, 1.82) is 0 Å². The summed E-state index contributed by atoms with van der Waals surface area (Å²) in [5.74, 6) is 1.62. The topological polar surface area (TPSA) is 37.4 Å². The smallest absolute Gasteiger partial charge is 0.212 e. The van der Waals surface area contributed by atoms with Crippen LogP contribution in [0.4, 0.5) is 0 Å². The van der Waals surface area contributed by atoms with Gasteiger partial charge in [0.1, 0.15) is 0 Å². The first-order valence-electron chi connectivity index (χ1n) is 6.80. The Kier molecular flexibility index (Phi) is 3.48. The van der Waals surface area contributed by atoms with Crippen LogP contribution in [0, 0.1) is 5.92 Å². The normalized spacial score (nSPS) is 25.1. The van der Waals surface area contributed by atoms with Crippen LogP contribution < -0.4 is 10.1 Å². The molecule has 1 atom stereocenters. The second kappa shape index (κ2) is 5.24. The van der Waals surface area contributed by atoms with Crippen LogP contribution in [0.25, 0.3) is 0 Å². The highest BCUT2D eigenvalue weighted by Crippen LogP contribution is 2.33. The van der Waals surface area contributed by atoms with E-state index in [1.54, 1.807) is 7.11 Å². The molecule has 2 heterocycles. The molecule has 0 aromatic carbocycles. The van der Waals surface area contributed by atoms with Gasteiger partial charge in [0.25, 0.3) is 0 Å². The first-order chi connectivity index (χ1) is 8.85. The van der Waals surface area contributed by atoms with Crippen molar-refractivity contribution in [3.63, 3.8) is 0 Å². The van der Waals surface area contributed by atoms with E-state index in [1.165, 1.54) is 24.9 Å². The van der Waals surface area contributed by atoms with Crippen LogP contribution in [0.1, 0.15) is 18.4 Å². The lowest BCUT2D eigenvalue weighted by atomic mass is 10.1. The molecular formula is C14H21N3O. The summed E-state index contributed by atoms with van der Waals surface area (Å²) in [7, 11) is 1.65. The third-order valence-corrected chi connectivity index (χ3v) is 3.89. The molecule has 98 valence electrons. The molecule has 4 heteroatoms. The Hall–Kier alpha value is -1.13. The molecule has 0 bridgehead atoms. The molecule has 1 N–H and O–H groups in total. The summed E-state index contributed by atoms with van der Waals surface area (Å²) >= 11 is 0. The van der Waals surface area contributed by atoms with Crippen molar-refractivity contribution < 1.29 is 4.74 Å². The lowest BCUT2D eigenvalue weighted by Crippen LogP contribution is -2.51. The highest BCUT2D eigenvalue weighted by molar-refractivity contribution is 5.17. The van der Waals surface area contributed by atoms with Gasteiger partial charge in [-0.2, -0.15) is 0 Å². The highest BCUT2D eigenvalue weighted by atomic mass is 16.5. The van der Waals surface area contributed by atoms with E-state index in [1.807, 2.05) is 12.3 Å². The second-order valence-corrected chi connectivity index (χ2v) is 5.34. The Labute approximate surface area is 108 Å². The van der Waals surface area contributed by atoms with Crippen LogP contribution in [0.3, 0.4) is 0 Å². The maximum atomic E-state index is 5.08. The van der Waals surface area contributed by atoms with Gasteiger partial charge in [-0.3, -0.25) is 4.90 Å². The molecule has 1 aliphatic heterocycles. The van der Waals surface area contributed by atoms with Crippen molar-refractivity contribution in [3.8, 4) is 5.88 Å². The Morgan fingerprint density at radius 2 is 2.33 bits per heavy atom. The van der Waals surface area contributed by atoms with E-state index < -0.39 is 0 Å². The number of piperazine rings is 1. The first-order valence-corrected chi connectivity index (χ1v) is 6.80. The van der Waals surface area contributed by atoms with Crippen LogP contribution in [0.15, 0.2) is 18.3 Å². The lowest BCUT2D eigenvalue weighted by Gasteiger charge is -2.33. The van der Waals surface area contributed by atoms with Crippen molar-refractivity contribution in [2.45, 2.75) is 25.4 Å². The number of nitrogens with one attached hydrogen (secondary N) is 1. The molecule has 2 aliphatic rings. The van der Waals surface area contributed by atoms with E-state index >= 15 is 0 Å². The number of ether oxygens (including phenoxy) is 1. The van der Waals surface area contributed by atoms with E-state index in [9.17, 15) is 0 Å². The quantitative estimate of drug-likeness (QED) is 0.869. The van der Waals surface area contributed by atoms with Crippen molar-refractivity contribution in [3.05, 3.63) is 23.9 Å². The molecule has 0 radical (unpaired) electrons. The number of rotatable bonds is 4. The van der Waals surface area contributed by atoms with Crippen LogP contribution in [0.2, 0.25) is 0 Å². The fourth-order valence-corrected chi connectivity index (χ4v) is 2.68. The maximum absolute atomic E-state index is 5.08. The van der Waals surface area contributed by atoms with Gasteiger partial charge in [0.05, 0.1) is 7.11 Å². The van der Waals surface area contributed by atoms with Gasteiger partial charge >= 0.3 is 0 Å². The zero-order valence-electron chi connectivity index (χ0n) is 10.9. The van der Waals surface area contributed by atoms with Gasteiger partial charge in [-0.1, -0.05) is 6.07 Å². The summed E-state index contributed by atoms with van der Waals surface area (Å²) in [6, 6.07) is 4.76. The van der Waals surface area contributed by atoms with Crippen molar-refractivity contribution >= 4 is 0 Å². The number of pyridine rings is 1. The van der Waals surface area contributed by atoms with Crippen LogP contribution in [-0.4, -0.2) is 42.7 Å². The Balaban J connectivity index is 1.57. The van der Waals surface area contributed by atoms with Crippen LogP contribution in [0.5, 0.6) is 5.88 Å². The third kappa shape index (κ3) is 2.82. The predicted octanol–water partition coefficient (Wildman–Crippen LogP) is 1.27. The lowest BCUT2D eigenvalue weighted by molar-refractivity contribution is 0.181. The Bertz CT molecular complexity index is 389. The van der Waals surface area contributed by atoms with Crippen molar-refractivity contribution in [2.75, 3.05) is 26.7 Å². The summed E-state index contributed by atoms with van der Waals surface area (Å²) in [6.07, 6.45) is 4.75.